The lowest BCUT2D eigenvalue weighted by Crippen LogP contribution is -1.96. The third-order valence-corrected chi connectivity index (χ3v) is 3.95. The van der Waals surface area contributed by atoms with Crippen molar-refractivity contribution >= 4 is 6.29 Å². The molecule has 1 heterocycles. The molecule has 0 saturated heterocycles. The van der Waals surface area contributed by atoms with Gasteiger partial charge in [-0.1, -0.05) is 6.07 Å². The second kappa shape index (κ2) is 7.13. The molecule has 0 spiro atoms. The third-order valence-electron chi connectivity index (χ3n) is 3.95. The van der Waals surface area contributed by atoms with Gasteiger partial charge in [-0.05, 0) is 42.0 Å². The lowest BCUT2D eigenvalue weighted by atomic mass is 9.97. The van der Waals surface area contributed by atoms with Crippen molar-refractivity contribution in [1.82, 2.24) is 0 Å². The van der Waals surface area contributed by atoms with Gasteiger partial charge in [0.2, 0.25) is 0 Å². The maximum absolute atomic E-state index is 11.6. The Hall–Kier alpha value is -3.21. The number of carbonyl (C=O) groups is 1. The molecule has 5 nitrogen and oxygen atoms in total. The largest absolute Gasteiger partial charge is 0.495 e. The number of ether oxygens (including phenoxy) is 3. The molecular weight excluding hydrogens is 320 g/mol. The Morgan fingerprint density at radius 2 is 1.68 bits per heavy atom. The molecule has 0 amide bonds. The van der Waals surface area contributed by atoms with E-state index in [-0.39, 0.29) is 0 Å². The molecule has 0 aliphatic carbocycles. The monoisotopic (exact) mass is 338 g/mol. The Morgan fingerprint density at radius 1 is 0.880 bits per heavy atom. The summed E-state index contributed by atoms with van der Waals surface area (Å²) in [6.45, 7) is 0. The van der Waals surface area contributed by atoms with E-state index in [0.29, 0.717) is 28.6 Å². The highest BCUT2D eigenvalue weighted by Gasteiger charge is 2.16. The highest BCUT2D eigenvalue weighted by atomic mass is 16.5. The van der Waals surface area contributed by atoms with Crippen molar-refractivity contribution < 1.29 is 23.4 Å². The first-order valence-corrected chi connectivity index (χ1v) is 7.65. The van der Waals surface area contributed by atoms with Gasteiger partial charge in [0.15, 0.2) is 17.8 Å². The molecule has 25 heavy (non-hydrogen) atoms. The fraction of sp³-hybridized carbons (Fsp3) is 0.150. The number of benzene rings is 2. The number of hydrogen-bond donors (Lipinski definition) is 0. The highest BCUT2D eigenvalue weighted by Crippen LogP contribution is 2.40. The summed E-state index contributed by atoms with van der Waals surface area (Å²) in [6, 6.07) is 12.9. The zero-order valence-corrected chi connectivity index (χ0v) is 14.2. The zero-order valence-electron chi connectivity index (χ0n) is 14.2. The topological polar surface area (TPSA) is 57.9 Å². The van der Waals surface area contributed by atoms with Crippen LogP contribution in [0.25, 0.3) is 22.5 Å². The molecule has 128 valence electrons. The minimum atomic E-state index is 0.446. The number of rotatable bonds is 6. The summed E-state index contributed by atoms with van der Waals surface area (Å²) in [5, 5.41) is 0. The van der Waals surface area contributed by atoms with Crippen LogP contribution in [0.15, 0.2) is 53.1 Å². The maximum Gasteiger partial charge on any atom is 0.161 e. The minimum Gasteiger partial charge on any atom is -0.495 e. The summed E-state index contributed by atoms with van der Waals surface area (Å²) >= 11 is 0. The van der Waals surface area contributed by atoms with Crippen LogP contribution in [0.2, 0.25) is 0 Å². The van der Waals surface area contributed by atoms with E-state index in [2.05, 4.69) is 0 Å². The molecule has 1 aromatic heterocycles. The molecule has 0 N–H and O–H groups in total. The first-order chi connectivity index (χ1) is 12.2. The molecule has 0 atom stereocenters. The summed E-state index contributed by atoms with van der Waals surface area (Å²) in [5.41, 5.74) is 2.84. The second-order valence-electron chi connectivity index (χ2n) is 5.31. The van der Waals surface area contributed by atoms with Crippen molar-refractivity contribution in [3.05, 3.63) is 54.3 Å². The number of furan rings is 1. The highest BCUT2D eigenvalue weighted by molar-refractivity contribution is 5.90. The second-order valence-corrected chi connectivity index (χ2v) is 5.31. The first-order valence-electron chi connectivity index (χ1n) is 7.65. The zero-order chi connectivity index (χ0) is 17.8. The van der Waals surface area contributed by atoms with E-state index >= 15 is 0 Å². The van der Waals surface area contributed by atoms with Crippen molar-refractivity contribution in [3.8, 4) is 39.7 Å². The average molecular weight is 338 g/mol. The van der Waals surface area contributed by atoms with E-state index in [9.17, 15) is 4.79 Å². The molecule has 2 aromatic carbocycles. The quantitative estimate of drug-likeness (QED) is 0.621. The van der Waals surface area contributed by atoms with Crippen molar-refractivity contribution in [1.29, 1.82) is 0 Å². The van der Waals surface area contributed by atoms with Crippen molar-refractivity contribution in [2.75, 3.05) is 21.3 Å². The van der Waals surface area contributed by atoms with E-state index in [0.717, 1.165) is 23.0 Å². The van der Waals surface area contributed by atoms with E-state index < -0.39 is 0 Å². The number of hydrogen-bond acceptors (Lipinski definition) is 5. The van der Waals surface area contributed by atoms with E-state index in [4.69, 9.17) is 18.6 Å². The third kappa shape index (κ3) is 3.08. The summed E-state index contributed by atoms with van der Waals surface area (Å²) in [4.78, 5) is 11.6. The van der Waals surface area contributed by atoms with Gasteiger partial charge < -0.3 is 18.6 Å². The molecule has 0 aliphatic rings. The van der Waals surface area contributed by atoms with Gasteiger partial charge in [-0.3, -0.25) is 4.79 Å². The van der Waals surface area contributed by atoms with Crippen LogP contribution in [0, 0.1) is 0 Å². The van der Waals surface area contributed by atoms with E-state index in [1.807, 2.05) is 30.3 Å². The minimum absolute atomic E-state index is 0.446. The fourth-order valence-electron chi connectivity index (χ4n) is 2.77. The van der Waals surface area contributed by atoms with Gasteiger partial charge in [0, 0.05) is 11.1 Å². The number of carbonyl (C=O) groups excluding carboxylic acids is 1. The molecule has 3 aromatic rings. The van der Waals surface area contributed by atoms with Gasteiger partial charge in [-0.2, -0.15) is 0 Å². The van der Waals surface area contributed by atoms with Crippen LogP contribution in [0.1, 0.15) is 10.4 Å². The molecule has 0 radical (unpaired) electrons. The number of methoxy groups -OCH3 is 3. The van der Waals surface area contributed by atoms with E-state index in [1.54, 1.807) is 39.7 Å². The van der Waals surface area contributed by atoms with Gasteiger partial charge in [0.05, 0.1) is 33.2 Å². The lowest BCUT2D eigenvalue weighted by molar-refractivity contribution is 0.112. The predicted octanol–water partition coefficient (Wildman–Crippen LogP) is 4.45. The molecule has 0 fully saturated rings. The molecule has 5 heteroatoms. The summed E-state index contributed by atoms with van der Waals surface area (Å²) in [6.07, 6.45) is 2.37. The molecule has 0 aliphatic heterocycles. The van der Waals surface area contributed by atoms with Crippen LogP contribution in [0.5, 0.6) is 17.2 Å². The maximum atomic E-state index is 11.6. The van der Waals surface area contributed by atoms with Gasteiger partial charge in [0.25, 0.3) is 0 Å². The summed E-state index contributed by atoms with van der Waals surface area (Å²) in [7, 11) is 4.70. The fourth-order valence-corrected chi connectivity index (χ4v) is 2.77. The van der Waals surface area contributed by atoms with Crippen LogP contribution in [0.4, 0.5) is 0 Å². The normalized spacial score (nSPS) is 10.4. The smallest absolute Gasteiger partial charge is 0.161 e. The van der Waals surface area contributed by atoms with Crippen molar-refractivity contribution in [3.63, 3.8) is 0 Å². The molecule has 3 rings (SSSR count). The van der Waals surface area contributed by atoms with Crippen molar-refractivity contribution in [2.45, 2.75) is 0 Å². The molecule has 0 saturated carbocycles. The van der Waals surface area contributed by atoms with E-state index in [1.165, 1.54) is 0 Å². The Balaban J connectivity index is 2.23. The lowest BCUT2D eigenvalue weighted by Gasteiger charge is -2.15. The van der Waals surface area contributed by atoms with Gasteiger partial charge in [0.1, 0.15) is 11.5 Å². The molecular formula is C20H18O5. The Morgan fingerprint density at radius 3 is 2.28 bits per heavy atom. The first kappa shape index (κ1) is 16.6. The van der Waals surface area contributed by atoms with Crippen LogP contribution in [0.3, 0.4) is 0 Å². The Kier molecular flexibility index (Phi) is 4.75. The summed E-state index contributed by atoms with van der Waals surface area (Å²) < 4.78 is 21.6. The van der Waals surface area contributed by atoms with Crippen LogP contribution < -0.4 is 14.2 Å². The van der Waals surface area contributed by atoms with Crippen molar-refractivity contribution in [2.24, 2.45) is 0 Å². The summed E-state index contributed by atoms with van der Waals surface area (Å²) in [5.74, 6) is 2.39. The Labute approximate surface area is 145 Å². The van der Waals surface area contributed by atoms with Gasteiger partial charge in [-0.25, -0.2) is 0 Å². The average Bonchev–Trinajstić information content (AvgIpc) is 3.21. The van der Waals surface area contributed by atoms with Gasteiger partial charge >= 0.3 is 0 Å². The SMILES string of the molecule is COc1ccc(-c2cc(-c3ccco3)cc(C=O)c2OC)cc1OC. The predicted molar refractivity (Wildman–Crippen MR) is 94.6 cm³/mol. The standard InChI is InChI=1S/C20H18O5/c1-22-18-7-6-13(11-19(18)23-2)16-10-14(17-5-4-8-25-17)9-15(12-21)20(16)24-3/h4-12H,1-3H3. The van der Waals surface area contributed by atoms with Gasteiger partial charge in [-0.15, -0.1) is 0 Å². The molecule has 0 unspecified atom stereocenters. The number of aldehydes is 1. The van der Waals surface area contributed by atoms with Crippen LogP contribution >= 0.6 is 0 Å². The molecule has 0 bridgehead atoms. The van der Waals surface area contributed by atoms with Crippen LogP contribution in [-0.4, -0.2) is 27.6 Å². The Bertz CT molecular complexity index is 881. The van der Waals surface area contributed by atoms with Crippen LogP contribution in [-0.2, 0) is 0 Å².